The molecule has 2 N–H and O–H groups in total. The fourth-order valence-corrected chi connectivity index (χ4v) is 1.01. The van der Waals surface area contributed by atoms with Gasteiger partial charge in [0.15, 0.2) is 0 Å². The molecule has 4 nitrogen and oxygen atoms in total. The second kappa shape index (κ2) is 7.54. The zero-order valence-corrected chi connectivity index (χ0v) is 10.1. The van der Waals surface area contributed by atoms with Gasteiger partial charge in [-0.15, -0.1) is 0 Å². The predicted octanol–water partition coefficient (Wildman–Crippen LogP) is 0.511. The van der Waals surface area contributed by atoms with Gasteiger partial charge >= 0.3 is 0 Å². The minimum absolute atomic E-state index is 0.0739. The van der Waals surface area contributed by atoms with E-state index in [0.29, 0.717) is 0 Å². The van der Waals surface area contributed by atoms with Crippen molar-refractivity contribution < 1.29 is 9.59 Å². The Kier molecular flexibility index (Phi) is 7.17. The van der Waals surface area contributed by atoms with Crippen LogP contribution in [-0.2, 0) is 9.59 Å². The molecule has 4 heteroatoms. The van der Waals surface area contributed by atoms with Crippen LogP contribution < -0.4 is 10.6 Å². The highest BCUT2D eigenvalue weighted by atomic mass is 16.1. The van der Waals surface area contributed by atoms with Crippen molar-refractivity contribution in [3.63, 3.8) is 0 Å². The maximum atomic E-state index is 10.9. The van der Waals surface area contributed by atoms with Gasteiger partial charge in [0, 0.05) is 0 Å². The molecule has 0 heterocycles. The molecule has 0 aromatic carbocycles. The van der Waals surface area contributed by atoms with Gasteiger partial charge in [-0.3, -0.25) is 9.59 Å². The zero-order chi connectivity index (χ0) is 11.8. The summed E-state index contributed by atoms with van der Waals surface area (Å²) in [4.78, 5) is 21.8. The van der Waals surface area contributed by atoms with E-state index in [9.17, 15) is 9.59 Å². The highest BCUT2D eigenvalue weighted by Crippen LogP contribution is 1.86. The Labute approximate surface area is 91.8 Å². The number of rotatable bonds is 8. The van der Waals surface area contributed by atoms with Crippen molar-refractivity contribution in [2.24, 2.45) is 0 Å². The first kappa shape index (κ1) is 14.3. The predicted molar refractivity (Wildman–Crippen MR) is 60.9 cm³/mol. The van der Waals surface area contributed by atoms with Crippen LogP contribution >= 0.6 is 0 Å². The van der Waals surface area contributed by atoms with E-state index >= 15 is 0 Å². The lowest BCUT2D eigenvalue weighted by molar-refractivity contribution is -0.119. The van der Waals surface area contributed by atoms with E-state index < -0.39 is 0 Å². The summed E-state index contributed by atoms with van der Waals surface area (Å²) in [5, 5.41) is 6.22. The molecule has 0 aromatic heterocycles. The largest absolute Gasteiger partial charge is 0.308 e. The summed E-state index contributed by atoms with van der Waals surface area (Å²) < 4.78 is 0. The number of ketones is 2. The smallest absolute Gasteiger partial charge is 0.146 e. The molecule has 0 amide bonds. The summed E-state index contributed by atoms with van der Waals surface area (Å²) in [6, 6.07) is -0.148. The molecule has 0 saturated carbocycles. The van der Waals surface area contributed by atoms with Crippen LogP contribution in [0, 0.1) is 0 Å². The molecule has 15 heavy (non-hydrogen) atoms. The van der Waals surface area contributed by atoms with Gasteiger partial charge < -0.3 is 10.6 Å². The summed E-state index contributed by atoms with van der Waals surface area (Å²) >= 11 is 0. The van der Waals surface area contributed by atoms with Gasteiger partial charge in [-0.05, 0) is 47.2 Å². The third kappa shape index (κ3) is 7.22. The third-order valence-electron chi connectivity index (χ3n) is 2.47. The second-order valence-electron chi connectivity index (χ2n) is 3.93. The molecule has 2 atom stereocenters. The van der Waals surface area contributed by atoms with Gasteiger partial charge in [-0.1, -0.05) is 0 Å². The van der Waals surface area contributed by atoms with Crippen molar-refractivity contribution in [3.05, 3.63) is 0 Å². The fourth-order valence-electron chi connectivity index (χ4n) is 1.01. The van der Waals surface area contributed by atoms with Crippen molar-refractivity contribution in [2.75, 3.05) is 13.1 Å². The molecule has 0 fully saturated rings. The summed E-state index contributed by atoms with van der Waals surface area (Å²) in [7, 11) is 0. The summed E-state index contributed by atoms with van der Waals surface area (Å²) in [5.41, 5.74) is 0. The van der Waals surface area contributed by atoms with Crippen LogP contribution in [0.5, 0.6) is 0 Å². The van der Waals surface area contributed by atoms with Crippen molar-refractivity contribution >= 4 is 11.6 Å². The fraction of sp³-hybridized carbons (Fsp3) is 0.818. The van der Waals surface area contributed by atoms with Crippen LogP contribution in [0.4, 0.5) is 0 Å². The summed E-state index contributed by atoms with van der Waals surface area (Å²) in [6.45, 7) is 8.44. The molecule has 0 bridgehead atoms. The van der Waals surface area contributed by atoms with Crippen molar-refractivity contribution in [3.8, 4) is 0 Å². The van der Waals surface area contributed by atoms with Gasteiger partial charge in [0.25, 0.3) is 0 Å². The van der Waals surface area contributed by atoms with E-state index in [1.54, 1.807) is 13.8 Å². The number of Topliss-reactive ketones (excluding diaryl/α,β-unsaturated/α-hetero) is 2. The quantitative estimate of drug-likeness (QED) is 0.578. The lowest BCUT2D eigenvalue weighted by Crippen LogP contribution is -2.37. The summed E-state index contributed by atoms with van der Waals surface area (Å²) in [6.07, 6.45) is 0.912. The third-order valence-corrected chi connectivity index (χ3v) is 2.47. The molecule has 0 spiro atoms. The van der Waals surface area contributed by atoms with E-state index in [1.165, 1.54) is 0 Å². The van der Waals surface area contributed by atoms with Crippen molar-refractivity contribution in [1.29, 1.82) is 0 Å². The molecular formula is C11H22N2O2. The number of carbonyl (C=O) groups excluding carboxylic acids is 2. The average Bonchev–Trinajstić information content (AvgIpc) is 2.16. The SMILES string of the molecule is CC(=O)C(C)NCCCNC(C)C(C)=O. The van der Waals surface area contributed by atoms with Crippen LogP contribution in [0.3, 0.4) is 0 Å². The van der Waals surface area contributed by atoms with Crippen LogP contribution in [-0.4, -0.2) is 36.7 Å². The van der Waals surface area contributed by atoms with Gasteiger partial charge in [0.2, 0.25) is 0 Å². The first-order valence-corrected chi connectivity index (χ1v) is 5.42. The lowest BCUT2D eigenvalue weighted by atomic mass is 10.2. The molecule has 0 aliphatic heterocycles. The molecule has 0 aliphatic rings. The van der Waals surface area contributed by atoms with Gasteiger partial charge in [-0.2, -0.15) is 0 Å². The highest BCUT2D eigenvalue weighted by molar-refractivity contribution is 5.81. The monoisotopic (exact) mass is 214 g/mol. The van der Waals surface area contributed by atoms with E-state index in [2.05, 4.69) is 10.6 Å². The molecular weight excluding hydrogens is 192 g/mol. The van der Waals surface area contributed by atoms with Crippen LogP contribution in [0.25, 0.3) is 0 Å². The van der Waals surface area contributed by atoms with E-state index in [1.807, 2.05) is 13.8 Å². The number of hydrogen-bond donors (Lipinski definition) is 2. The maximum absolute atomic E-state index is 10.9. The van der Waals surface area contributed by atoms with Crippen molar-refractivity contribution in [1.82, 2.24) is 10.6 Å². The number of nitrogens with one attached hydrogen (secondary N) is 2. The molecule has 0 aromatic rings. The Bertz CT molecular complexity index is 195. The van der Waals surface area contributed by atoms with E-state index in [4.69, 9.17) is 0 Å². The Morgan fingerprint density at radius 3 is 1.53 bits per heavy atom. The first-order chi connectivity index (χ1) is 6.95. The van der Waals surface area contributed by atoms with Crippen molar-refractivity contribution in [2.45, 2.75) is 46.2 Å². The normalized spacial score (nSPS) is 14.7. The molecule has 0 saturated heterocycles. The Hall–Kier alpha value is -0.740. The van der Waals surface area contributed by atoms with Gasteiger partial charge in [0.05, 0.1) is 12.1 Å². The topological polar surface area (TPSA) is 58.2 Å². The minimum Gasteiger partial charge on any atom is -0.308 e. The molecule has 88 valence electrons. The molecule has 2 unspecified atom stereocenters. The Morgan fingerprint density at radius 1 is 0.933 bits per heavy atom. The second-order valence-corrected chi connectivity index (χ2v) is 3.93. The van der Waals surface area contributed by atoms with E-state index in [-0.39, 0.29) is 23.7 Å². The maximum Gasteiger partial charge on any atom is 0.146 e. The molecule has 0 rings (SSSR count). The highest BCUT2D eigenvalue weighted by Gasteiger charge is 2.06. The van der Waals surface area contributed by atoms with E-state index in [0.717, 1.165) is 19.5 Å². The molecule has 0 aliphatic carbocycles. The van der Waals surface area contributed by atoms with Crippen LogP contribution in [0.1, 0.15) is 34.1 Å². The Balaban J connectivity index is 3.40. The first-order valence-electron chi connectivity index (χ1n) is 5.42. The number of carbonyl (C=O) groups is 2. The zero-order valence-electron chi connectivity index (χ0n) is 10.1. The summed E-state index contributed by atoms with van der Waals surface area (Å²) in [5.74, 6) is 0.306. The van der Waals surface area contributed by atoms with Crippen LogP contribution in [0.2, 0.25) is 0 Å². The lowest BCUT2D eigenvalue weighted by Gasteiger charge is -2.12. The standard InChI is InChI=1S/C11H22N2O2/c1-8(10(3)14)12-6-5-7-13-9(2)11(4)15/h8-9,12-13H,5-7H2,1-4H3. The van der Waals surface area contributed by atoms with Gasteiger partial charge in [-0.25, -0.2) is 0 Å². The number of hydrogen-bond acceptors (Lipinski definition) is 4. The Morgan fingerprint density at radius 2 is 1.27 bits per heavy atom. The molecule has 0 radical (unpaired) electrons. The average molecular weight is 214 g/mol. The minimum atomic E-state index is -0.0739. The van der Waals surface area contributed by atoms with Crippen LogP contribution in [0.15, 0.2) is 0 Å². The van der Waals surface area contributed by atoms with Gasteiger partial charge in [0.1, 0.15) is 11.6 Å².